The van der Waals surface area contributed by atoms with Crippen molar-refractivity contribution in [3.63, 3.8) is 0 Å². The molecule has 2 rings (SSSR count). The second-order valence-corrected chi connectivity index (χ2v) is 8.12. The van der Waals surface area contributed by atoms with E-state index in [2.05, 4.69) is 32.2 Å². The first-order chi connectivity index (χ1) is 13.1. The first-order valence-electron chi connectivity index (χ1n) is 8.59. The maximum Gasteiger partial charge on any atom is 0.305 e. The number of carbonyl (C=O) groups is 1. The highest BCUT2D eigenvalue weighted by molar-refractivity contribution is 9.10. The fraction of sp³-hybridized carbons (Fsp3) is 0.350. The highest BCUT2D eigenvalue weighted by atomic mass is 79.9. The monoisotopic (exact) mass is 446 g/mol. The number of ether oxygens (including phenoxy) is 1. The van der Waals surface area contributed by atoms with E-state index < -0.39 is 4.92 Å². The van der Waals surface area contributed by atoms with E-state index in [9.17, 15) is 14.9 Å². The lowest BCUT2D eigenvalue weighted by molar-refractivity contribution is -0.384. The Balaban J connectivity index is 2.40. The van der Waals surface area contributed by atoms with Crippen LogP contribution in [0.5, 0.6) is 0 Å². The van der Waals surface area contributed by atoms with Crippen LogP contribution in [-0.4, -0.2) is 18.0 Å². The summed E-state index contributed by atoms with van der Waals surface area (Å²) in [6.45, 7) is 6.14. The van der Waals surface area contributed by atoms with Crippen LogP contribution in [0.25, 0.3) is 0 Å². The van der Waals surface area contributed by atoms with Crippen molar-refractivity contribution in [2.45, 2.75) is 39.0 Å². The van der Waals surface area contributed by atoms with E-state index in [0.29, 0.717) is 16.6 Å². The number of halogens is 1. The molecule has 8 heteroatoms. The number of carbonyl (C=O) groups excluding carboxylic acids is 1. The topological polar surface area (TPSA) is 94.2 Å². The minimum Gasteiger partial charge on any atom is -0.469 e. The highest BCUT2D eigenvalue weighted by Crippen LogP contribution is 2.33. The van der Waals surface area contributed by atoms with Gasteiger partial charge in [-0.05, 0) is 41.2 Å². The van der Waals surface area contributed by atoms with Gasteiger partial charge in [-0.1, -0.05) is 42.8 Å². The van der Waals surface area contributed by atoms with Gasteiger partial charge in [0.2, 0.25) is 0 Å². The van der Waals surface area contributed by atoms with E-state index in [-0.39, 0.29) is 29.2 Å². The van der Waals surface area contributed by atoms with Crippen molar-refractivity contribution in [2.24, 2.45) is 10.2 Å². The zero-order chi connectivity index (χ0) is 20.9. The normalized spacial score (nSPS) is 11.6. The van der Waals surface area contributed by atoms with Gasteiger partial charge in [0.15, 0.2) is 5.69 Å². The van der Waals surface area contributed by atoms with Gasteiger partial charge in [-0.25, -0.2) is 0 Å². The van der Waals surface area contributed by atoms with E-state index in [1.807, 2.05) is 26.8 Å². The molecule has 0 spiro atoms. The SMILES string of the molecule is COC(=O)CCc1cc(/N=N/c2ccc(Br)cc2[N+](=O)[O-])[c]c(C(C)(C)C)c1. The number of hydrogen-bond donors (Lipinski definition) is 0. The van der Waals surface area contributed by atoms with Crippen LogP contribution in [0.1, 0.15) is 38.3 Å². The number of nitro benzene ring substituents is 1. The molecule has 0 aromatic heterocycles. The number of aryl methyl sites for hydroxylation is 1. The summed E-state index contributed by atoms with van der Waals surface area (Å²) in [5, 5.41) is 19.5. The molecule has 0 saturated heterocycles. The first-order valence-corrected chi connectivity index (χ1v) is 9.38. The Bertz CT molecular complexity index is 920. The fourth-order valence-electron chi connectivity index (χ4n) is 2.40. The molecule has 0 atom stereocenters. The molecule has 28 heavy (non-hydrogen) atoms. The molecule has 2 aromatic rings. The second-order valence-electron chi connectivity index (χ2n) is 7.20. The van der Waals surface area contributed by atoms with E-state index in [0.717, 1.165) is 11.1 Å². The summed E-state index contributed by atoms with van der Waals surface area (Å²) in [6, 6.07) is 11.5. The van der Waals surface area contributed by atoms with Gasteiger partial charge in [0.25, 0.3) is 5.69 Å². The molecule has 0 amide bonds. The van der Waals surface area contributed by atoms with Crippen LogP contribution in [0.3, 0.4) is 0 Å². The van der Waals surface area contributed by atoms with Crippen molar-refractivity contribution >= 4 is 39.0 Å². The molecule has 7 nitrogen and oxygen atoms in total. The molecular weight excluding hydrogens is 426 g/mol. The minimum absolute atomic E-state index is 0.143. The molecule has 147 valence electrons. The van der Waals surface area contributed by atoms with E-state index >= 15 is 0 Å². The molecule has 0 N–H and O–H groups in total. The standard InChI is InChI=1S/C20H21BrN3O4/c1-20(2,3)14-9-13(5-8-19(25)28-4)10-16(11-14)22-23-17-7-6-15(21)12-18(17)24(26)27/h6-7,9-10,12H,5,8H2,1-4H3/b23-22+. The molecule has 0 fully saturated rings. The Morgan fingerprint density at radius 2 is 1.96 bits per heavy atom. The number of azo groups is 1. The fourth-order valence-corrected chi connectivity index (χ4v) is 2.75. The summed E-state index contributed by atoms with van der Waals surface area (Å²) in [7, 11) is 1.35. The van der Waals surface area contributed by atoms with Crippen LogP contribution in [0, 0.1) is 16.2 Å². The van der Waals surface area contributed by atoms with Crippen molar-refractivity contribution in [1.29, 1.82) is 0 Å². The van der Waals surface area contributed by atoms with Gasteiger partial charge in [0, 0.05) is 23.0 Å². The molecular formula is C20H21BrN3O4. The Hall–Kier alpha value is -2.61. The van der Waals surface area contributed by atoms with Gasteiger partial charge < -0.3 is 4.74 Å². The molecule has 0 heterocycles. The Labute approximate surface area is 172 Å². The third kappa shape index (κ3) is 5.95. The average Bonchev–Trinajstić information content (AvgIpc) is 2.64. The van der Waals surface area contributed by atoms with Crippen LogP contribution in [0.2, 0.25) is 0 Å². The molecule has 0 bridgehead atoms. The van der Waals surface area contributed by atoms with Crippen LogP contribution in [0.4, 0.5) is 17.1 Å². The average molecular weight is 447 g/mol. The van der Waals surface area contributed by atoms with Gasteiger partial charge in [0.05, 0.1) is 17.7 Å². The highest BCUT2D eigenvalue weighted by Gasteiger charge is 2.17. The number of nitro groups is 1. The van der Waals surface area contributed by atoms with Crippen LogP contribution in [0.15, 0.2) is 45.0 Å². The molecule has 0 saturated carbocycles. The molecule has 0 aliphatic rings. The minimum atomic E-state index is -0.504. The number of hydrogen-bond acceptors (Lipinski definition) is 6. The first kappa shape index (κ1) is 21.7. The van der Waals surface area contributed by atoms with Crippen molar-refractivity contribution in [3.05, 3.63) is 62.1 Å². The van der Waals surface area contributed by atoms with Gasteiger partial charge in [-0.3, -0.25) is 14.9 Å². The van der Waals surface area contributed by atoms with Gasteiger partial charge >= 0.3 is 5.97 Å². The van der Waals surface area contributed by atoms with Crippen molar-refractivity contribution in [3.8, 4) is 0 Å². The summed E-state index contributed by atoms with van der Waals surface area (Å²) in [6.07, 6.45) is 0.740. The summed E-state index contributed by atoms with van der Waals surface area (Å²) in [5.41, 5.74) is 2.08. The number of benzene rings is 2. The van der Waals surface area contributed by atoms with Gasteiger partial charge in [0.1, 0.15) is 0 Å². The third-order valence-corrected chi connectivity index (χ3v) is 4.46. The summed E-state index contributed by atoms with van der Waals surface area (Å²) < 4.78 is 5.28. The quantitative estimate of drug-likeness (QED) is 0.236. The van der Waals surface area contributed by atoms with E-state index in [4.69, 9.17) is 4.74 Å². The lowest BCUT2D eigenvalue weighted by Gasteiger charge is -2.20. The molecule has 2 aromatic carbocycles. The molecule has 1 radical (unpaired) electrons. The number of nitrogens with zero attached hydrogens (tertiary/aromatic N) is 3. The largest absolute Gasteiger partial charge is 0.469 e. The lowest BCUT2D eigenvalue weighted by Crippen LogP contribution is -2.12. The summed E-state index contributed by atoms with van der Waals surface area (Å²) >= 11 is 3.22. The molecule has 0 aliphatic heterocycles. The van der Waals surface area contributed by atoms with Crippen molar-refractivity contribution in [1.82, 2.24) is 0 Å². The van der Waals surface area contributed by atoms with Gasteiger partial charge in [-0.15, -0.1) is 10.2 Å². The number of rotatable bonds is 6. The molecule has 0 unspecified atom stereocenters. The zero-order valence-corrected chi connectivity index (χ0v) is 17.7. The van der Waals surface area contributed by atoms with Crippen LogP contribution >= 0.6 is 15.9 Å². The zero-order valence-electron chi connectivity index (χ0n) is 16.2. The predicted molar refractivity (Wildman–Crippen MR) is 109 cm³/mol. The van der Waals surface area contributed by atoms with Crippen molar-refractivity contribution < 1.29 is 14.5 Å². The van der Waals surface area contributed by atoms with E-state index in [1.165, 1.54) is 19.2 Å². The Morgan fingerprint density at radius 1 is 1.25 bits per heavy atom. The summed E-state index contributed by atoms with van der Waals surface area (Å²) in [4.78, 5) is 22.2. The Morgan fingerprint density at radius 3 is 2.57 bits per heavy atom. The second kappa shape index (κ2) is 9.05. The van der Waals surface area contributed by atoms with Gasteiger partial charge in [-0.2, -0.15) is 0 Å². The lowest BCUT2D eigenvalue weighted by atomic mass is 9.85. The van der Waals surface area contributed by atoms with Crippen LogP contribution < -0.4 is 0 Å². The summed E-state index contributed by atoms with van der Waals surface area (Å²) in [5.74, 6) is -0.293. The third-order valence-electron chi connectivity index (χ3n) is 3.97. The Kier molecular flexibility index (Phi) is 7.01. The maximum absolute atomic E-state index is 11.5. The number of methoxy groups -OCH3 is 1. The molecule has 0 aliphatic carbocycles. The predicted octanol–water partition coefficient (Wildman–Crippen LogP) is 5.98. The van der Waals surface area contributed by atoms with Crippen molar-refractivity contribution in [2.75, 3.05) is 7.11 Å². The number of esters is 1. The van der Waals surface area contributed by atoms with E-state index in [1.54, 1.807) is 12.1 Å². The maximum atomic E-state index is 11.5. The van der Waals surface area contributed by atoms with Crippen LogP contribution in [-0.2, 0) is 21.4 Å². The smallest absolute Gasteiger partial charge is 0.305 e.